The first-order chi connectivity index (χ1) is 10.2. The second-order valence-corrected chi connectivity index (χ2v) is 6.18. The molecule has 3 rings (SSSR count). The summed E-state index contributed by atoms with van der Waals surface area (Å²) >= 11 is 1.64. The highest BCUT2D eigenvalue weighted by Crippen LogP contribution is 2.18. The Kier molecular flexibility index (Phi) is 4.31. The number of amides is 1. The van der Waals surface area contributed by atoms with E-state index in [1.165, 1.54) is 0 Å². The molecule has 0 radical (unpaired) electrons. The van der Waals surface area contributed by atoms with E-state index < -0.39 is 0 Å². The molecule has 2 aromatic rings. The number of carbonyl (C=O) groups excluding carboxylic acids is 1. The lowest BCUT2D eigenvalue weighted by Gasteiger charge is -2.23. The van der Waals surface area contributed by atoms with Gasteiger partial charge in [-0.2, -0.15) is 0 Å². The molecule has 1 unspecified atom stereocenters. The van der Waals surface area contributed by atoms with E-state index in [0.717, 1.165) is 24.3 Å². The summed E-state index contributed by atoms with van der Waals surface area (Å²) < 4.78 is 5.65. The van der Waals surface area contributed by atoms with Gasteiger partial charge in [0.2, 0.25) is 5.82 Å². The number of nitrogens with one attached hydrogen (secondary N) is 1. The van der Waals surface area contributed by atoms with E-state index in [9.17, 15) is 4.79 Å². The lowest BCUT2D eigenvalue weighted by atomic mass is 10.2. The molecule has 1 atom stereocenters. The molecule has 6 nitrogen and oxygen atoms in total. The summed E-state index contributed by atoms with van der Waals surface area (Å²) in [5.74, 6) is 0.719. The molecule has 21 heavy (non-hydrogen) atoms. The minimum Gasteiger partial charge on any atom is -0.376 e. The Hall–Kier alpha value is -1.73. The number of carbonyl (C=O) groups is 1. The van der Waals surface area contributed by atoms with Crippen LogP contribution in [0.25, 0.3) is 0 Å². The van der Waals surface area contributed by atoms with E-state index in [1.807, 2.05) is 17.5 Å². The minimum absolute atomic E-state index is 0.119. The maximum Gasteiger partial charge on any atom is 0.293 e. The molecular weight excluding hydrogens is 288 g/mol. The number of aromatic nitrogens is 3. The SMILES string of the molecule is Cc1nc(C(=O)N(Cc2cccs2)CC2CCCO2)n[nH]1. The first-order valence-electron chi connectivity index (χ1n) is 7.04. The number of aryl methyl sites for hydroxylation is 1. The van der Waals surface area contributed by atoms with Crippen molar-refractivity contribution in [1.29, 1.82) is 0 Å². The topological polar surface area (TPSA) is 71.1 Å². The maximum atomic E-state index is 12.6. The summed E-state index contributed by atoms with van der Waals surface area (Å²) in [7, 11) is 0. The molecule has 112 valence electrons. The predicted octanol–water partition coefficient (Wildman–Crippen LogP) is 2.00. The molecular formula is C14H18N4O2S. The second kappa shape index (κ2) is 6.36. The first kappa shape index (κ1) is 14.2. The van der Waals surface area contributed by atoms with Crippen LogP contribution >= 0.6 is 11.3 Å². The maximum absolute atomic E-state index is 12.6. The zero-order valence-electron chi connectivity index (χ0n) is 11.9. The second-order valence-electron chi connectivity index (χ2n) is 5.14. The summed E-state index contributed by atoms with van der Waals surface area (Å²) in [6.07, 6.45) is 2.18. The Balaban J connectivity index is 1.75. The molecule has 0 saturated carbocycles. The molecule has 0 aromatic carbocycles. The van der Waals surface area contributed by atoms with Gasteiger partial charge in [0.05, 0.1) is 12.6 Å². The Labute approximate surface area is 127 Å². The van der Waals surface area contributed by atoms with Crippen molar-refractivity contribution >= 4 is 17.2 Å². The molecule has 1 aliphatic heterocycles. The fourth-order valence-corrected chi connectivity index (χ4v) is 3.14. The van der Waals surface area contributed by atoms with Gasteiger partial charge in [-0.3, -0.25) is 9.89 Å². The van der Waals surface area contributed by atoms with Crippen molar-refractivity contribution in [2.45, 2.75) is 32.4 Å². The van der Waals surface area contributed by atoms with Crippen molar-refractivity contribution in [2.75, 3.05) is 13.2 Å². The van der Waals surface area contributed by atoms with Crippen molar-refractivity contribution in [3.05, 3.63) is 34.0 Å². The Morgan fingerprint density at radius 3 is 3.14 bits per heavy atom. The van der Waals surface area contributed by atoms with E-state index >= 15 is 0 Å². The third-order valence-electron chi connectivity index (χ3n) is 3.45. The number of hydrogen-bond donors (Lipinski definition) is 1. The zero-order chi connectivity index (χ0) is 14.7. The molecule has 1 N–H and O–H groups in total. The number of nitrogens with zero attached hydrogens (tertiary/aromatic N) is 3. The normalized spacial score (nSPS) is 18.0. The molecule has 3 heterocycles. The Morgan fingerprint density at radius 1 is 1.62 bits per heavy atom. The molecule has 7 heteroatoms. The number of rotatable bonds is 5. The third-order valence-corrected chi connectivity index (χ3v) is 4.31. The zero-order valence-corrected chi connectivity index (χ0v) is 12.7. The van der Waals surface area contributed by atoms with Crippen LogP contribution in [-0.4, -0.2) is 45.2 Å². The summed E-state index contributed by atoms with van der Waals surface area (Å²) in [4.78, 5) is 19.7. The van der Waals surface area contributed by atoms with Crippen LogP contribution in [0.3, 0.4) is 0 Å². The van der Waals surface area contributed by atoms with Gasteiger partial charge in [-0.15, -0.1) is 16.4 Å². The van der Waals surface area contributed by atoms with Gasteiger partial charge in [0, 0.05) is 18.0 Å². The van der Waals surface area contributed by atoms with Crippen LogP contribution in [-0.2, 0) is 11.3 Å². The molecule has 2 aromatic heterocycles. The molecule has 1 saturated heterocycles. The van der Waals surface area contributed by atoms with E-state index in [2.05, 4.69) is 15.2 Å². The molecule has 0 aliphatic carbocycles. The van der Waals surface area contributed by atoms with Gasteiger partial charge < -0.3 is 9.64 Å². The van der Waals surface area contributed by atoms with Crippen molar-refractivity contribution in [3.63, 3.8) is 0 Å². The van der Waals surface area contributed by atoms with Gasteiger partial charge in [0.15, 0.2) is 0 Å². The van der Waals surface area contributed by atoms with Crippen molar-refractivity contribution < 1.29 is 9.53 Å². The molecule has 1 aliphatic rings. The van der Waals surface area contributed by atoms with Gasteiger partial charge in [0.1, 0.15) is 5.82 Å². The summed E-state index contributed by atoms with van der Waals surface area (Å²) in [6, 6.07) is 4.02. The monoisotopic (exact) mass is 306 g/mol. The highest BCUT2D eigenvalue weighted by molar-refractivity contribution is 7.09. The molecule has 0 bridgehead atoms. The average Bonchev–Trinajstić information content (AvgIpc) is 3.19. The van der Waals surface area contributed by atoms with Crippen molar-refractivity contribution in [3.8, 4) is 0 Å². The van der Waals surface area contributed by atoms with Gasteiger partial charge in [-0.25, -0.2) is 4.98 Å². The summed E-state index contributed by atoms with van der Waals surface area (Å²) in [5.41, 5.74) is 0. The number of ether oxygens (including phenoxy) is 1. The third kappa shape index (κ3) is 3.48. The molecule has 1 fully saturated rings. The first-order valence-corrected chi connectivity index (χ1v) is 7.92. The van der Waals surface area contributed by atoms with Crippen LogP contribution in [0.1, 0.15) is 34.2 Å². The standard InChI is InChI=1S/C14H18N4O2S/c1-10-15-13(17-16-10)14(19)18(8-11-4-2-6-20-11)9-12-5-3-7-21-12/h3,5,7,11H,2,4,6,8-9H2,1H3,(H,15,16,17). The van der Waals surface area contributed by atoms with Crippen molar-refractivity contribution in [1.82, 2.24) is 20.1 Å². The van der Waals surface area contributed by atoms with Crippen LogP contribution in [0.2, 0.25) is 0 Å². The smallest absolute Gasteiger partial charge is 0.293 e. The predicted molar refractivity (Wildman–Crippen MR) is 79.2 cm³/mol. The quantitative estimate of drug-likeness (QED) is 0.917. The number of aromatic amines is 1. The fourth-order valence-electron chi connectivity index (χ4n) is 2.42. The molecule has 0 spiro atoms. The van der Waals surface area contributed by atoms with Crippen molar-refractivity contribution in [2.24, 2.45) is 0 Å². The van der Waals surface area contributed by atoms with Crippen LogP contribution in [0.5, 0.6) is 0 Å². The fraction of sp³-hybridized carbons (Fsp3) is 0.500. The summed E-state index contributed by atoms with van der Waals surface area (Å²) in [5, 5.41) is 8.71. The lowest BCUT2D eigenvalue weighted by Crippen LogP contribution is -2.37. The average molecular weight is 306 g/mol. The summed E-state index contributed by atoms with van der Waals surface area (Å²) in [6.45, 7) is 3.73. The number of hydrogen-bond acceptors (Lipinski definition) is 5. The van der Waals surface area contributed by atoms with Gasteiger partial charge in [-0.05, 0) is 31.2 Å². The van der Waals surface area contributed by atoms with Gasteiger partial charge in [-0.1, -0.05) is 6.07 Å². The highest BCUT2D eigenvalue weighted by Gasteiger charge is 2.25. The number of thiophene rings is 1. The molecule has 1 amide bonds. The van der Waals surface area contributed by atoms with E-state index in [1.54, 1.807) is 23.2 Å². The number of H-pyrrole nitrogens is 1. The van der Waals surface area contributed by atoms with Gasteiger partial charge >= 0.3 is 0 Å². The van der Waals surface area contributed by atoms with E-state index in [4.69, 9.17) is 4.74 Å². The van der Waals surface area contributed by atoms with E-state index in [0.29, 0.717) is 18.9 Å². The van der Waals surface area contributed by atoms with E-state index in [-0.39, 0.29) is 17.8 Å². The lowest BCUT2D eigenvalue weighted by molar-refractivity contribution is 0.0501. The van der Waals surface area contributed by atoms with Crippen LogP contribution in [0.4, 0.5) is 0 Å². The van der Waals surface area contributed by atoms with Crippen LogP contribution < -0.4 is 0 Å². The highest BCUT2D eigenvalue weighted by atomic mass is 32.1. The van der Waals surface area contributed by atoms with Gasteiger partial charge in [0.25, 0.3) is 5.91 Å². The Morgan fingerprint density at radius 2 is 2.52 bits per heavy atom. The minimum atomic E-state index is -0.150. The Bertz CT molecular complexity index is 590. The van der Waals surface area contributed by atoms with Crippen LogP contribution in [0, 0.1) is 6.92 Å². The van der Waals surface area contributed by atoms with Crippen LogP contribution in [0.15, 0.2) is 17.5 Å². The largest absolute Gasteiger partial charge is 0.376 e.